The Kier molecular flexibility index (Phi) is 7.93. The minimum absolute atomic E-state index is 0.0414. The fourth-order valence-corrected chi connectivity index (χ4v) is 7.39. The van der Waals surface area contributed by atoms with E-state index in [9.17, 15) is 4.79 Å². The number of thioether (sulfide) groups is 1. The molecule has 1 atom stereocenters. The molecule has 1 amide bonds. The summed E-state index contributed by atoms with van der Waals surface area (Å²) in [4.78, 5) is 13.0. The number of carbonyl (C=O) groups excluding carboxylic acids is 1. The van der Waals surface area contributed by atoms with Gasteiger partial charge < -0.3 is 10.1 Å². The summed E-state index contributed by atoms with van der Waals surface area (Å²) in [6, 6.07) is 48.5. The molecule has 0 aliphatic heterocycles. The molecule has 0 saturated carbocycles. The van der Waals surface area contributed by atoms with Crippen molar-refractivity contribution in [2.75, 3.05) is 12.4 Å². The lowest BCUT2D eigenvalue weighted by Gasteiger charge is -2.36. The van der Waals surface area contributed by atoms with Crippen molar-refractivity contribution in [3.8, 4) is 11.1 Å². The molecule has 0 heterocycles. The van der Waals surface area contributed by atoms with Crippen LogP contribution in [-0.2, 0) is 9.48 Å². The van der Waals surface area contributed by atoms with E-state index >= 15 is 0 Å². The highest BCUT2D eigenvalue weighted by molar-refractivity contribution is 8.00. The molecule has 4 heteroatoms. The molecule has 1 aliphatic carbocycles. The van der Waals surface area contributed by atoms with Crippen molar-refractivity contribution in [2.45, 2.75) is 23.6 Å². The topological polar surface area (TPSA) is 38.3 Å². The van der Waals surface area contributed by atoms with Crippen molar-refractivity contribution in [1.82, 2.24) is 5.32 Å². The van der Waals surface area contributed by atoms with E-state index in [1.165, 1.54) is 38.9 Å². The zero-order chi connectivity index (χ0) is 28.1. The van der Waals surface area contributed by atoms with Gasteiger partial charge in [0.2, 0.25) is 0 Å². The first-order valence-corrected chi connectivity index (χ1v) is 15.1. The molecule has 0 unspecified atom stereocenters. The van der Waals surface area contributed by atoms with Crippen molar-refractivity contribution in [2.24, 2.45) is 0 Å². The van der Waals surface area contributed by atoms with Crippen LogP contribution >= 0.6 is 11.8 Å². The molecule has 1 aliphatic rings. The molecule has 6 rings (SSSR count). The van der Waals surface area contributed by atoms with Crippen LogP contribution in [-0.4, -0.2) is 24.5 Å². The molecule has 1 N–H and O–H groups in total. The Morgan fingerprint density at radius 3 is 1.56 bits per heavy atom. The summed E-state index contributed by atoms with van der Waals surface area (Å²) in [5.41, 5.74) is 8.48. The average molecular weight is 556 g/mol. The van der Waals surface area contributed by atoms with Gasteiger partial charge in [-0.3, -0.25) is 0 Å². The lowest BCUT2D eigenvalue weighted by molar-refractivity contribution is 0.140. The molecule has 5 aromatic carbocycles. The fourth-order valence-electron chi connectivity index (χ4n) is 5.90. The largest absolute Gasteiger partial charge is 0.449 e. The molecule has 0 saturated heterocycles. The Labute approximate surface area is 246 Å². The lowest BCUT2D eigenvalue weighted by atomic mass is 9.84. The van der Waals surface area contributed by atoms with Crippen LogP contribution in [0.1, 0.15) is 40.7 Å². The van der Waals surface area contributed by atoms with Crippen LogP contribution in [0.3, 0.4) is 0 Å². The van der Waals surface area contributed by atoms with Crippen LogP contribution in [0.5, 0.6) is 0 Å². The Morgan fingerprint density at radius 1 is 0.683 bits per heavy atom. The van der Waals surface area contributed by atoms with Crippen molar-refractivity contribution < 1.29 is 9.53 Å². The van der Waals surface area contributed by atoms with E-state index in [0.717, 1.165) is 0 Å². The number of benzene rings is 5. The Bertz CT molecular complexity index is 1460. The fraction of sp³-hybridized carbons (Fsp3) is 0.162. The second-order valence-electron chi connectivity index (χ2n) is 10.5. The van der Waals surface area contributed by atoms with Gasteiger partial charge in [-0.25, -0.2) is 4.79 Å². The molecule has 0 aromatic heterocycles. The van der Waals surface area contributed by atoms with Crippen molar-refractivity contribution >= 4 is 17.9 Å². The van der Waals surface area contributed by atoms with Crippen molar-refractivity contribution in [1.29, 1.82) is 0 Å². The quantitative estimate of drug-likeness (QED) is 0.185. The highest BCUT2D eigenvalue weighted by Gasteiger charge is 2.37. The first kappa shape index (κ1) is 26.9. The van der Waals surface area contributed by atoms with E-state index in [1.807, 2.05) is 18.7 Å². The molecule has 204 valence electrons. The summed E-state index contributed by atoms with van der Waals surface area (Å²) < 4.78 is 5.41. The van der Waals surface area contributed by atoms with E-state index < -0.39 is 4.75 Å². The molecule has 0 bridgehead atoms. The predicted octanol–water partition coefficient (Wildman–Crippen LogP) is 8.64. The maximum Gasteiger partial charge on any atom is 0.407 e. The van der Waals surface area contributed by atoms with Gasteiger partial charge in [0, 0.05) is 17.7 Å². The first-order chi connectivity index (χ1) is 20.2. The van der Waals surface area contributed by atoms with Crippen LogP contribution in [0.15, 0.2) is 140 Å². The summed E-state index contributed by atoms with van der Waals surface area (Å²) in [5.74, 6) is 0.739. The van der Waals surface area contributed by atoms with Crippen LogP contribution in [0.25, 0.3) is 11.1 Å². The maximum absolute atomic E-state index is 13.0. The number of rotatable bonds is 9. The molecule has 5 aromatic rings. The smallest absolute Gasteiger partial charge is 0.407 e. The van der Waals surface area contributed by atoms with E-state index in [2.05, 4.69) is 145 Å². The van der Waals surface area contributed by atoms with Crippen LogP contribution < -0.4 is 5.32 Å². The highest BCUT2D eigenvalue weighted by atomic mass is 32.2. The summed E-state index contributed by atoms with van der Waals surface area (Å²) >= 11 is 1.83. The molecule has 41 heavy (non-hydrogen) atoms. The van der Waals surface area contributed by atoms with Crippen molar-refractivity contribution in [3.63, 3.8) is 0 Å². The molecule has 3 nitrogen and oxygen atoms in total. The van der Waals surface area contributed by atoms with Gasteiger partial charge in [0.05, 0.1) is 4.75 Å². The number of hydrogen-bond donors (Lipinski definition) is 1. The Balaban J connectivity index is 1.18. The number of carbonyl (C=O) groups is 1. The van der Waals surface area contributed by atoms with Gasteiger partial charge in [-0.05, 0) is 45.9 Å². The third-order valence-corrected chi connectivity index (χ3v) is 9.61. The minimum Gasteiger partial charge on any atom is -0.449 e. The first-order valence-electron chi connectivity index (χ1n) is 14.1. The van der Waals surface area contributed by atoms with Gasteiger partial charge in [-0.15, -0.1) is 11.8 Å². The number of amides is 1. The summed E-state index contributed by atoms with van der Waals surface area (Å²) in [6.45, 7) is 2.35. The molecular formula is C37H33NO2S. The molecule has 0 fully saturated rings. The molecule has 0 spiro atoms. The monoisotopic (exact) mass is 555 g/mol. The van der Waals surface area contributed by atoms with Crippen molar-refractivity contribution in [3.05, 3.63) is 167 Å². The second kappa shape index (κ2) is 12.1. The number of fused-ring (bicyclic) bond motifs is 3. The summed E-state index contributed by atoms with van der Waals surface area (Å²) in [6.07, 6.45) is -0.385. The van der Waals surface area contributed by atoms with Gasteiger partial charge in [0.15, 0.2) is 0 Å². The normalized spacial score (nSPS) is 13.2. The Hall–Kier alpha value is -4.28. The van der Waals surface area contributed by atoms with Gasteiger partial charge in [0.25, 0.3) is 0 Å². The SMILES string of the molecule is C[C@@H](CSC(c1ccccc1)(c1ccccc1)c1ccccc1)NC(=O)OCC1c2ccccc2-c2ccccc21. The minimum atomic E-state index is -0.430. The molecular weight excluding hydrogens is 522 g/mol. The van der Waals surface area contributed by atoms with Gasteiger partial charge in [-0.1, -0.05) is 140 Å². The van der Waals surface area contributed by atoms with E-state index in [1.54, 1.807) is 0 Å². The highest BCUT2D eigenvalue weighted by Crippen LogP contribution is 2.48. The zero-order valence-corrected chi connectivity index (χ0v) is 23.9. The molecule has 0 radical (unpaired) electrons. The van der Waals surface area contributed by atoms with Crippen LogP contribution in [0.2, 0.25) is 0 Å². The number of hydrogen-bond acceptors (Lipinski definition) is 3. The predicted molar refractivity (Wildman–Crippen MR) is 169 cm³/mol. The standard InChI is InChI=1S/C37H33NO2S/c1-27(38-36(39)40-25-35-33-23-13-11-21-31(33)32-22-12-14-24-34(32)35)26-41-37(28-15-5-2-6-16-28,29-17-7-3-8-18-29)30-19-9-4-10-20-30/h2-24,27,35H,25-26H2,1H3,(H,38,39)/t27-/m0/s1. The van der Waals surface area contributed by atoms with Crippen LogP contribution in [0.4, 0.5) is 4.79 Å². The maximum atomic E-state index is 13.0. The summed E-state index contributed by atoms with van der Waals surface area (Å²) in [7, 11) is 0. The van der Waals surface area contributed by atoms with Gasteiger partial charge >= 0.3 is 6.09 Å². The number of nitrogens with one attached hydrogen (secondary N) is 1. The zero-order valence-electron chi connectivity index (χ0n) is 23.1. The van der Waals surface area contributed by atoms with E-state index in [-0.39, 0.29) is 18.1 Å². The second-order valence-corrected chi connectivity index (χ2v) is 11.7. The Morgan fingerprint density at radius 2 is 1.10 bits per heavy atom. The third-order valence-electron chi connectivity index (χ3n) is 7.80. The number of alkyl carbamates (subject to hydrolysis) is 1. The summed E-state index contributed by atoms with van der Waals surface area (Å²) in [5, 5.41) is 3.10. The number of ether oxygens (including phenoxy) is 1. The lowest BCUT2D eigenvalue weighted by Crippen LogP contribution is -2.37. The van der Waals surface area contributed by atoms with E-state index in [0.29, 0.717) is 12.4 Å². The van der Waals surface area contributed by atoms with Gasteiger partial charge in [-0.2, -0.15) is 0 Å². The van der Waals surface area contributed by atoms with Gasteiger partial charge in [0.1, 0.15) is 6.61 Å². The third kappa shape index (κ3) is 5.40. The van der Waals surface area contributed by atoms with E-state index in [4.69, 9.17) is 4.74 Å². The average Bonchev–Trinajstić information content (AvgIpc) is 3.35. The van der Waals surface area contributed by atoms with Crippen LogP contribution in [0, 0.1) is 0 Å².